The van der Waals surface area contributed by atoms with Crippen LogP contribution < -0.4 is 10.1 Å². The number of hydrogen-bond acceptors (Lipinski definition) is 3. The number of benzene rings is 2. The Morgan fingerprint density at radius 2 is 1.79 bits per heavy atom. The van der Waals surface area contributed by atoms with Crippen molar-refractivity contribution in [3.05, 3.63) is 88.7 Å². The van der Waals surface area contributed by atoms with Crippen molar-refractivity contribution in [2.45, 2.75) is 26.9 Å². The van der Waals surface area contributed by atoms with E-state index in [9.17, 15) is 9.59 Å². The van der Waals surface area contributed by atoms with Gasteiger partial charge in [-0.15, -0.1) is 0 Å². The van der Waals surface area contributed by atoms with Crippen LogP contribution in [0.3, 0.4) is 0 Å². The number of aromatic nitrogens is 1. The maximum absolute atomic E-state index is 12.6. The van der Waals surface area contributed by atoms with Gasteiger partial charge in [-0.1, -0.05) is 36.4 Å². The predicted octanol–water partition coefficient (Wildman–Crippen LogP) is 3.66. The summed E-state index contributed by atoms with van der Waals surface area (Å²) in [6.07, 6.45) is 1.82. The van der Waals surface area contributed by atoms with Gasteiger partial charge < -0.3 is 14.6 Å². The SMILES string of the molecule is COc1ccccc1CNC(=O)C(=O)c1cccn1Cc1ccc(C)c(C)c1. The molecule has 0 saturated heterocycles. The molecule has 3 rings (SSSR count). The van der Waals surface area contributed by atoms with Gasteiger partial charge in [0.05, 0.1) is 12.8 Å². The number of nitrogens with zero attached hydrogens (tertiary/aromatic N) is 1. The summed E-state index contributed by atoms with van der Waals surface area (Å²) in [5, 5.41) is 2.69. The van der Waals surface area contributed by atoms with E-state index >= 15 is 0 Å². The van der Waals surface area contributed by atoms with Gasteiger partial charge in [0, 0.05) is 24.8 Å². The van der Waals surface area contributed by atoms with Crippen LogP contribution in [-0.2, 0) is 17.9 Å². The fourth-order valence-electron chi connectivity index (χ4n) is 3.08. The Morgan fingerprint density at radius 1 is 1.00 bits per heavy atom. The van der Waals surface area contributed by atoms with Gasteiger partial charge in [0.2, 0.25) is 0 Å². The van der Waals surface area contributed by atoms with E-state index in [1.54, 1.807) is 23.8 Å². The Hall–Kier alpha value is -3.34. The minimum Gasteiger partial charge on any atom is -0.496 e. The van der Waals surface area contributed by atoms with Crippen molar-refractivity contribution in [1.82, 2.24) is 9.88 Å². The maximum Gasteiger partial charge on any atom is 0.294 e. The predicted molar refractivity (Wildman–Crippen MR) is 109 cm³/mol. The first-order valence-electron chi connectivity index (χ1n) is 9.15. The molecule has 1 heterocycles. The molecule has 144 valence electrons. The van der Waals surface area contributed by atoms with Gasteiger partial charge in [0.25, 0.3) is 11.7 Å². The number of carbonyl (C=O) groups is 2. The van der Waals surface area contributed by atoms with E-state index < -0.39 is 11.7 Å². The Bertz CT molecular complexity index is 1000. The summed E-state index contributed by atoms with van der Waals surface area (Å²) in [4.78, 5) is 25.1. The number of ether oxygens (including phenoxy) is 1. The van der Waals surface area contributed by atoms with Gasteiger partial charge in [0.1, 0.15) is 5.75 Å². The zero-order valence-corrected chi connectivity index (χ0v) is 16.4. The van der Waals surface area contributed by atoms with E-state index in [1.807, 2.05) is 36.5 Å². The highest BCUT2D eigenvalue weighted by Crippen LogP contribution is 2.17. The number of carbonyl (C=O) groups excluding carboxylic acids is 2. The number of aryl methyl sites for hydroxylation is 2. The Balaban J connectivity index is 1.70. The standard InChI is InChI=1S/C23H24N2O3/c1-16-10-11-18(13-17(16)2)15-25-12-6-8-20(25)22(26)23(27)24-14-19-7-4-5-9-21(19)28-3/h4-13H,14-15H2,1-3H3,(H,24,27). The molecule has 2 aromatic carbocycles. The molecule has 28 heavy (non-hydrogen) atoms. The Morgan fingerprint density at radius 3 is 2.54 bits per heavy atom. The van der Waals surface area contributed by atoms with Gasteiger partial charge in [-0.2, -0.15) is 0 Å². The van der Waals surface area contributed by atoms with Crippen LogP contribution in [0.1, 0.15) is 32.7 Å². The molecule has 1 N–H and O–H groups in total. The van der Waals surface area contributed by atoms with Crippen LogP contribution in [-0.4, -0.2) is 23.4 Å². The van der Waals surface area contributed by atoms with Gasteiger partial charge in [-0.05, 0) is 48.7 Å². The van der Waals surface area contributed by atoms with Crippen molar-refractivity contribution in [1.29, 1.82) is 0 Å². The molecule has 1 amide bonds. The highest BCUT2D eigenvalue weighted by Gasteiger charge is 2.20. The number of ketones is 1. The van der Waals surface area contributed by atoms with E-state index in [-0.39, 0.29) is 6.54 Å². The molecule has 0 saturated carbocycles. The van der Waals surface area contributed by atoms with E-state index in [4.69, 9.17) is 4.74 Å². The van der Waals surface area contributed by atoms with Crippen LogP contribution in [0, 0.1) is 13.8 Å². The molecule has 0 aliphatic carbocycles. The molecule has 3 aromatic rings. The average Bonchev–Trinajstić information content (AvgIpc) is 3.16. The van der Waals surface area contributed by atoms with Crippen LogP contribution in [0.25, 0.3) is 0 Å². The largest absolute Gasteiger partial charge is 0.496 e. The molecule has 0 atom stereocenters. The van der Waals surface area contributed by atoms with Crippen molar-refractivity contribution < 1.29 is 14.3 Å². The third-order valence-corrected chi connectivity index (χ3v) is 4.82. The fourth-order valence-corrected chi connectivity index (χ4v) is 3.08. The quantitative estimate of drug-likeness (QED) is 0.506. The molecule has 5 heteroatoms. The molecular formula is C23H24N2O3. The molecule has 0 unspecified atom stereocenters. The number of rotatable bonds is 7. The monoisotopic (exact) mass is 376 g/mol. The van der Waals surface area contributed by atoms with Crippen molar-refractivity contribution in [2.75, 3.05) is 7.11 Å². The molecule has 0 aliphatic rings. The van der Waals surface area contributed by atoms with Crippen molar-refractivity contribution >= 4 is 11.7 Å². The van der Waals surface area contributed by atoms with E-state index in [0.717, 1.165) is 11.1 Å². The lowest BCUT2D eigenvalue weighted by Gasteiger charge is -2.11. The van der Waals surface area contributed by atoms with Gasteiger partial charge >= 0.3 is 0 Å². The highest BCUT2D eigenvalue weighted by molar-refractivity contribution is 6.42. The van der Waals surface area contributed by atoms with Crippen LogP contribution >= 0.6 is 0 Å². The smallest absolute Gasteiger partial charge is 0.294 e. The van der Waals surface area contributed by atoms with E-state index in [0.29, 0.717) is 18.0 Å². The topological polar surface area (TPSA) is 60.3 Å². The van der Waals surface area contributed by atoms with Gasteiger partial charge in [-0.3, -0.25) is 9.59 Å². The summed E-state index contributed by atoms with van der Waals surface area (Å²) in [7, 11) is 1.57. The number of Topliss-reactive ketones (excluding diaryl/α,β-unsaturated/α-hetero) is 1. The Kier molecular flexibility index (Phi) is 5.94. The summed E-state index contributed by atoms with van der Waals surface area (Å²) in [6.45, 7) is 4.89. The molecule has 0 aliphatic heterocycles. The molecule has 0 spiro atoms. The molecule has 5 nitrogen and oxygen atoms in total. The zero-order chi connectivity index (χ0) is 20.1. The number of amides is 1. The highest BCUT2D eigenvalue weighted by atomic mass is 16.5. The minimum atomic E-state index is -0.633. The average molecular weight is 376 g/mol. The van der Waals surface area contributed by atoms with Crippen LogP contribution in [0.2, 0.25) is 0 Å². The van der Waals surface area contributed by atoms with Gasteiger partial charge in [-0.25, -0.2) is 0 Å². The zero-order valence-electron chi connectivity index (χ0n) is 16.4. The summed E-state index contributed by atoms with van der Waals surface area (Å²) in [6, 6.07) is 17.0. The van der Waals surface area contributed by atoms with Gasteiger partial charge in [0.15, 0.2) is 0 Å². The second-order valence-corrected chi connectivity index (χ2v) is 6.76. The molecule has 0 radical (unpaired) electrons. The molecule has 0 fully saturated rings. The summed E-state index contributed by atoms with van der Waals surface area (Å²) in [5.41, 5.74) is 4.70. The maximum atomic E-state index is 12.6. The molecule has 0 bridgehead atoms. The normalized spacial score (nSPS) is 10.5. The fraction of sp³-hybridized carbons (Fsp3) is 0.217. The minimum absolute atomic E-state index is 0.229. The van der Waals surface area contributed by atoms with E-state index in [1.165, 1.54) is 11.1 Å². The second kappa shape index (κ2) is 8.57. The van der Waals surface area contributed by atoms with Crippen LogP contribution in [0.5, 0.6) is 5.75 Å². The first kappa shape index (κ1) is 19.4. The van der Waals surface area contributed by atoms with Crippen LogP contribution in [0.4, 0.5) is 0 Å². The van der Waals surface area contributed by atoms with Crippen molar-refractivity contribution in [3.63, 3.8) is 0 Å². The first-order valence-corrected chi connectivity index (χ1v) is 9.15. The number of methoxy groups -OCH3 is 1. The summed E-state index contributed by atoms with van der Waals surface area (Å²) < 4.78 is 7.07. The lowest BCUT2D eigenvalue weighted by Crippen LogP contribution is -2.32. The summed E-state index contributed by atoms with van der Waals surface area (Å²) in [5.74, 6) is -0.511. The van der Waals surface area contributed by atoms with Crippen LogP contribution in [0.15, 0.2) is 60.8 Å². The lowest BCUT2D eigenvalue weighted by atomic mass is 10.1. The molecular weight excluding hydrogens is 352 g/mol. The number of hydrogen-bond donors (Lipinski definition) is 1. The Labute approximate surface area is 165 Å². The first-order chi connectivity index (χ1) is 13.5. The van der Waals surface area contributed by atoms with Crippen molar-refractivity contribution in [2.24, 2.45) is 0 Å². The number of nitrogens with one attached hydrogen (secondary N) is 1. The third kappa shape index (κ3) is 4.31. The third-order valence-electron chi connectivity index (χ3n) is 4.82. The second-order valence-electron chi connectivity index (χ2n) is 6.76. The molecule has 1 aromatic heterocycles. The number of para-hydroxylation sites is 1. The summed E-state index contributed by atoms with van der Waals surface area (Å²) >= 11 is 0. The lowest BCUT2D eigenvalue weighted by molar-refractivity contribution is -0.117. The van der Waals surface area contributed by atoms with Crippen molar-refractivity contribution in [3.8, 4) is 5.75 Å². The van der Waals surface area contributed by atoms with E-state index in [2.05, 4.69) is 31.3 Å².